The van der Waals surface area contributed by atoms with Crippen molar-refractivity contribution in [1.29, 1.82) is 0 Å². The number of aromatic nitrogens is 1. The average molecular weight is 367 g/mol. The quantitative estimate of drug-likeness (QED) is 0.826. The number of amides is 1. The van der Waals surface area contributed by atoms with Crippen LogP contribution in [0.5, 0.6) is 0 Å². The van der Waals surface area contributed by atoms with E-state index in [1.54, 1.807) is 24.3 Å². The van der Waals surface area contributed by atoms with Gasteiger partial charge < -0.3 is 4.98 Å². The molecule has 1 aliphatic rings. The van der Waals surface area contributed by atoms with Crippen LogP contribution in [0.15, 0.2) is 64.4 Å². The zero-order chi connectivity index (χ0) is 18.5. The Balaban J connectivity index is 2.03. The molecule has 0 radical (unpaired) electrons. The van der Waals surface area contributed by atoms with Crippen molar-refractivity contribution in [2.24, 2.45) is 4.99 Å². The maximum atomic E-state index is 11.9. The third-order valence-corrected chi connectivity index (χ3v) is 4.46. The van der Waals surface area contributed by atoms with E-state index in [0.717, 1.165) is 30.4 Å². The van der Waals surface area contributed by atoms with Gasteiger partial charge >= 0.3 is 0 Å². The van der Waals surface area contributed by atoms with Gasteiger partial charge in [-0.3, -0.25) is 9.59 Å². The van der Waals surface area contributed by atoms with Gasteiger partial charge in [-0.05, 0) is 48.3 Å². The first-order valence-corrected chi connectivity index (χ1v) is 8.95. The molecule has 0 unspecified atom stereocenters. The standard InChI is InChI=1S/C21H19ClN2O2/c1-2-3-4-14-5-7-15(8-6-14)17(13-16-9-12-20(25)23-16)19-11-10-18(22)21(26)24-19/h5-13H,2-4H2,1H3,(H,24,26)/b17-13+. The molecule has 1 aliphatic heterocycles. The summed E-state index contributed by atoms with van der Waals surface area (Å²) < 4.78 is 0. The van der Waals surface area contributed by atoms with Gasteiger partial charge in [0.2, 0.25) is 0 Å². The van der Waals surface area contributed by atoms with Gasteiger partial charge in [0.15, 0.2) is 0 Å². The van der Waals surface area contributed by atoms with Crippen molar-refractivity contribution >= 4 is 28.8 Å². The SMILES string of the molecule is CCCCc1ccc(/C(=C\C2=NC(=O)C=C2)c2ccc(Cl)c(=O)[nH]2)cc1. The first-order valence-electron chi connectivity index (χ1n) is 8.58. The van der Waals surface area contributed by atoms with Gasteiger partial charge in [-0.1, -0.05) is 49.2 Å². The minimum atomic E-state index is -0.352. The molecule has 2 heterocycles. The zero-order valence-corrected chi connectivity index (χ0v) is 15.2. The molecule has 26 heavy (non-hydrogen) atoms. The highest BCUT2D eigenvalue weighted by atomic mass is 35.5. The van der Waals surface area contributed by atoms with E-state index in [0.29, 0.717) is 11.4 Å². The maximum absolute atomic E-state index is 11.9. The normalized spacial score (nSPS) is 14.0. The molecule has 0 aliphatic carbocycles. The zero-order valence-electron chi connectivity index (χ0n) is 14.5. The van der Waals surface area contributed by atoms with Crippen LogP contribution in [0.3, 0.4) is 0 Å². The summed E-state index contributed by atoms with van der Waals surface area (Å²) in [4.78, 5) is 30.0. The number of H-pyrrole nitrogens is 1. The van der Waals surface area contributed by atoms with Gasteiger partial charge in [-0.2, -0.15) is 0 Å². The van der Waals surface area contributed by atoms with Crippen LogP contribution in [0.4, 0.5) is 0 Å². The molecule has 1 aromatic heterocycles. The number of nitrogens with one attached hydrogen (secondary N) is 1. The molecule has 0 spiro atoms. The lowest BCUT2D eigenvalue weighted by Crippen LogP contribution is -2.09. The fourth-order valence-corrected chi connectivity index (χ4v) is 2.86. The second-order valence-electron chi connectivity index (χ2n) is 6.12. The second-order valence-corrected chi connectivity index (χ2v) is 6.52. The summed E-state index contributed by atoms with van der Waals surface area (Å²) in [6, 6.07) is 11.5. The number of rotatable bonds is 6. The maximum Gasteiger partial charge on any atom is 0.270 e. The molecule has 0 atom stereocenters. The van der Waals surface area contributed by atoms with Crippen molar-refractivity contribution in [2.45, 2.75) is 26.2 Å². The van der Waals surface area contributed by atoms with Gasteiger partial charge in [0.1, 0.15) is 5.02 Å². The second kappa shape index (κ2) is 8.11. The minimum Gasteiger partial charge on any atom is -0.321 e. The van der Waals surface area contributed by atoms with E-state index in [2.05, 4.69) is 29.0 Å². The number of aliphatic imine (C=N–C) groups is 1. The molecule has 0 saturated heterocycles. The smallest absolute Gasteiger partial charge is 0.270 e. The number of hydrogen-bond acceptors (Lipinski definition) is 2. The van der Waals surface area contributed by atoms with Crippen molar-refractivity contribution in [3.05, 3.63) is 86.8 Å². The summed E-state index contributed by atoms with van der Waals surface area (Å²) in [5.41, 5.74) is 3.80. The van der Waals surface area contributed by atoms with Crippen LogP contribution < -0.4 is 5.56 Å². The summed E-state index contributed by atoms with van der Waals surface area (Å²) in [5.74, 6) is -0.282. The summed E-state index contributed by atoms with van der Waals surface area (Å²) in [6.07, 6.45) is 8.21. The van der Waals surface area contributed by atoms with Crippen LogP contribution in [-0.2, 0) is 11.2 Å². The fourth-order valence-electron chi connectivity index (χ4n) is 2.75. The molecule has 4 nitrogen and oxygen atoms in total. The fraction of sp³-hybridized carbons (Fsp3) is 0.190. The van der Waals surface area contributed by atoms with Gasteiger partial charge in [0.25, 0.3) is 11.5 Å². The van der Waals surface area contributed by atoms with E-state index >= 15 is 0 Å². The van der Waals surface area contributed by atoms with Crippen molar-refractivity contribution in [3.8, 4) is 0 Å². The highest BCUT2D eigenvalue weighted by Crippen LogP contribution is 2.23. The lowest BCUT2D eigenvalue weighted by atomic mass is 9.98. The number of aryl methyl sites for hydroxylation is 1. The number of unbranched alkanes of at least 4 members (excludes halogenated alkanes) is 1. The predicted octanol–water partition coefficient (Wildman–Crippen LogP) is 4.34. The molecule has 1 N–H and O–H groups in total. The van der Waals surface area contributed by atoms with Crippen LogP contribution in [-0.4, -0.2) is 16.6 Å². The lowest BCUT2D eigenvalue weighted by molar-refractivity contribution is -0.113. The highest BCUT2D eigenvalue weighted by molar-refractivity contribution is 6.30. The number of halogens is 1. The number of allylic oxidation sites excluding steroid dienone is 2. The number of pyridine rings is 1. The van der Waals surface area contributed by atoms with Crippen LogP contribution in [0.25, 0.3) is 5.57 Å². The number of nitrogens with zero attached hydrogens (tertiary/aromatic N) is 1. The first-order chi connectivity index (χ1) is 12.6. The Morgan fingerprint density at radius 1 is 1.12 bits per heavy atom. The third kappa shape index (κ3) is 4.27. The highest BCUT2D eigenvalue weighted by Gasteiger charge is 2.11. The van der Waals surface area contributed by atoms with Gasteiger partial charge in [-0.25, -0.2) is 4.99 Å². The van der Waals surface area contributed by atoms with E-state index in [-0.39, 0.29) is 16.5 Å². The molecule has 0 bridgehead atoms. The van der Waals surface area contributed by atoms with E-state index in [4.69, 9.17) is 11.6 Å². The summed E-state index contributed by atoms with van der Waals surface area (Å²) in [5, 5.41) is 0.135. The topological polar surface area (TPSA) is 62.3 Å². The number of aromatic amines is 1. The summed E-state index contributed by atoms with van der Waals surface area (Å²) >= 11 is 5.85. The van der Waals surface area contributed by atoms with Crippen molar-refractivity contribution in [2.75, 3.05) is 0 Å². The number of carbonyl (C=O) groups excluding carboxylic acids is 1. The molecular weight excluding hydrogens is 348 g/mol. The third-order valence-electron chi connectivity index (χ3n) is 4.16. The summed E-state index contributed by atoms with van der Waals surface area (Å²) in [7, 11) is 0. The van der Waals surface area contributed by atoms with Crippen LogP contribution >= 0.6 is 11.6 Å². The molecule has 1 aromatic carbocycles. The molecule has 3 rings (SSSR count). The van der Waals surface area contributed by atoms with Crippen molar-refractivity contribution in [3.63, 3.8) is 0 Å². The Morgan fingerprint density at radius 3 is 2.50 bits per heavy atom. The number of carbonyl (C=O) groups is 1. The van der Waals surface area contributed by atoms with E-state index in [9.17, 15) is 9.59 Å². The Morgan fingerprint density at radius 2 is 1.88 bits per heavy atom. The van der Waals surface area contributed by atoms with Gasteiger partial charge in [0.05, 0.1) is 5.71 Å². The average Bonchev–Trinajstić information content (AvgIpc) is 3.06. The van der Waals surface area contributed by atoms with Crippen molar-refractivity contribution < 1.29 is 4.79 Å². The van der Waals surface area contributed by atoms with E-state index < -0.39 is 0 Å². The Bertz CT molecular complexity index is 966. The Kier molecular flexibility index (Phi) is 5.64. The molecule has 5 heteroatoms. The van der Waals surface area contributed by atoms with Gasteiger partial charge in [0, 0.05) is 17.3 Å². The molecule has 0 fully saturated rings. The molecule has 2 aromatic rings. The number of hydrogen-bond donors (Lipinski definition) is 1. The van der Waals surface area contributed by atoms with Crippen molar-refractivity contribution in [1.82, 2.24) is 4.98 Å². The Hall–Kier alpha value is -2.72. The summed E-state index contributed by atoms with van der Waals surface area (Å²) in [6.45, 7) is 2.17. The predicted molar refractivity (Wildman–Crippen MR) is 106 cm³/mol. The molecular formula is C21H19ClN2O2. The lowest BCUT2D eigenvalue weighted by Gasteiger charge is -2.10. The van der Waals surface area contributed by atoms with Crippen LogP contribution in [0.1, 0.15) is 36.6 Å². The largest absolute Gasteiger partial charge is 0.321 e. The molecule has 132 valence electrons. The Labute approximate surface area is 156 Å². The van der Waals surface area contributed by atoms with Crippen LogP contribution in [0, 0.1) is 0 Å². The van der Waals surface area contributed by atoms with E-state index in [1.165, 1.54) is 11.6 Å². The monoisotopic (exact) mass is 366 g/mol. The molecule has 0 saturated carbocycles. The van der Waals surface area contributed by atoms with E-state index in [1.807, 2.05) is 12.1 Å². The van der Waals surface area contributed by atoms with Gasteiger partial charge in [-0.15, -0.1) is 0 Å². The first kappa shape index (κ1) is 18.1. The number of benzene rings is 1. The van der Waals surface area contributed by atoms with Crippen LogP contribution in [0.2, 0.25) is 5.02 Å². The molecule has 1 amide bonds. The minimum absolute atomic E-state index is 0.135.